The van der Waals surface area contributed by atoms with Crippen LogP contribution in [-0.2, 0) is 19.2 Å². The topological polar surface area (TPSA) is 179 Å². The van der Waals surface area contributed by atoms with Crippen molar-refractivity contribution in [3.8, 4) is 0 Å². The highest BCUT2D eigenvalue weighted by atomic mass is 16.4. The summed E-state index contributed by atoms with van der Waals surface area (Å²) >= 11 is 0. The third kappa shape index (κ3) is 6.62. The SMILES string of the molecule is NCCCC[C@H](NC(=O)[C@@H]1CCCN1C(=O)[C@@H](N)CC(=O)O)C(=O)N1CCC[C@H]1CO. The normalized spacial score (nSPS) is 22.9. The number of carboxylic acids is 1. The second-order valence-electron chi connectivity index (χ2n) is 8.25. The average Bonchev–Trinajstić information content (AvgIpc) is 3.40. The molecule has 0 aromatic heterocycles. The van der Waals surface area contributed by atoms with Gasteiger partial charge in [0.1, 0.15) is 12.1 Å². The Hall–Kier alpha value is -2.24. The molecule has 0 spiro atoms. The van der Waals surface area contributed by atoms with Crippen molar-refractivity contribution in [2.24, 2.45) is 11.5 Å². The van der Waals surface area contributed by atoms with Crippen LogP contribution < -0.4 is 16.8 Å². The molecule has 0 aromatic rings. The van der Waals surface area contributed by atoms with E-state index in [1.807, 2.05) is 0 Å². The summed E-state index contributed by atoms with van der Waals surface area (Å²) in [7, 11) is 0. The highest BCUT2D eigenvalue weighted by Crippen LogP contribution is 2.22. The van der Waals surface area contributed by atoms with Gasteiger partial charge in [-0.2, -0.15) is 0 Å². The van der Waals surface area contributed by atoms with E-state index in [9.17, 15) is 24.3 Å². The van der Waals surface area contributed by atoms with Crippen LogP contribution in [0.5, 0.6) is 0 Å². The molecule has 7 N–H and O–H groups in total. The predicted octanol–water partition coefficient (Wildman–Crippen LogP) is -1.62. The van der Waals surface area contributed by atoms with Crippen molar-refractivity contribution in [2.75, 3.05) is 26.2 Å². The van der Waals surface area contributed by atoms with E-state index in [1.165, 1.54) is 4.90 Å². The minimum Gasteiger partial charge on any atom is -0.481 e. The van der Waals surface area contributed by atoms with Gasteiger partial charge in [-0.1, -0.05) is 0 Å². The fraction of sp³-hybridized carbons (Fsp3) is 0.800. The van der Waals surface area contributed by atoms with Gasteiger partial charge in [-0.15, -0.1) is 0 Å². The smallest absolute Gasteiger partial charge is 0.305 e. The number of nitrogens with zero attached hydrogens (tertiary/aromatic N) is 2. The molecule has 2 rings (SSSR count). The van der Waals surface area contributed by atoms with Crippen LogP contribution in [0.1, 0.15) is 51.4 Å². The molecule has 2 fully saturated rings. The summed E-state index contributed by atoms with van der Waals surface area (Å²) < 4.78 is 0. The van der Waals surface area contributed by atoms with Gasteiger partial charge in [0, 0.05) is 13.1 Å². The van der Waals surface area contributed by atoms with Crippen LogP contribution in [0.25, 0.3) is 0 Å². The van der Waals surface area contributed by atoms with E-state index in [4.69, 9.17) is 16.6 Å². The summed E-state index contributed by atoms with van der Waals surface area (Å²) in [6.45, 7) is 1.20. The van der Waals surface area contributed by atoms with Gasteiger partial charge in [0.2, 0.25) is 17.7 Å². The number of carboxylic acid groups (broad SMARTS) is 1. The molecule has 176 valence electrons. The largest absolute Gasteiger partial charge is 0.481 e. The number of aliphatic hydroxyl groups excluding tert-OH is 1. The van der Waals surface area contributed by atoms with E-state index < -0.39 is 42.3 Å². The number of unbranched alkanes of at least 4 members (excludes halogenated alkanes) is 1. The van der Waals surface area contributed by atoms with Gasteiger partial charge in [0.05, 0.1) is 25.1 Å². The van der Waals surface area contributed by atoms with Gasteiger partial charge in [-0.05, 0) is 51.5 Å². The maximum Gasteiger partial charge on any atom is 0.305 e. The first-order valence-electron chi connectivity index (χ1n) is 11.0. The first kappa shape index (κ1) is 25.0. The summed E-state index contributed by atoms with van der Waals surface area (Å²) in [4.78, 5) is 52.5. The molecule has 0 bridgehead atoms. The molecule has 2 saturated heterocycles. The fourth-order valence-electron chi connectivity index (χ4n) is 4.33. The molecule has 2 aliphatic rings. The molecule has 0 aliphatic carbocycles. The van der Waals surface area contributed by atoms with E-state index in [2.05, 4.69) is 5.32 Å². The zero-order valence-corrected chi connectivity index (χ0v) is 17.9. The predicted molar refractivity (Wildman–Crippen MR) is 112 cm³/mol. The van der Waals surface area contributed by atoms with E-state index in [0.29, 0.717) is 51.7 Å². The zero-order chi connectivity index (χ0) is 23.0. The van der Waals surface area contributed by atoms with Crippen molar-refractivity contribution in [1.29, 1.82) is 0 Å². The molecular weight excluding hydrogens is 406 g/mol. The quantitative estimate of drug-likeness (QED) is 0.237. The molecule has 0 saturated carbocycles. The number of nitrogens with one attached hydrogen (secondary N) is 1. The Kier molecular flexibility index (Phi) is 9.66. The number of carbonyl (C=O) groups is 4. The number of amides is 3. The highest BCUT2D eigenvalue weighted by Gasteiger charge is 2.39. The molecule has 4 atom stereocenters. The van der Waals surface area contributed by atoms with E-state index in [-0.39, 0.29) is 18.6 Å². The summed E-state index contributed by atoms with van der Waals surface area (Å²) in [6.07, 6.45) is 3.79. The van der Waals surface area contributed by atoms with Gasteiger partial charge in [-0.25, -0.2) is 0 Å². The minimum atomic E-state index is -1.22. The molecule has 2 heterocycles. The lowest BCUT2D eigenvalue weighted by Gasteiger charge is -2.31. The number of likely N-dealkylation sites (tertiary alicyclic amines) is 2. The van der Waals surface area contributed by atoms with Crippen LogP contribution in [0.15, 0.2) is 0 Å². The van der Waals surface area contributed by atoms with Crippen LogP contribution in [0.2, 0.25) is 0 Å². The third-order valence-electron chi connectivity index (χ3n) is 5.98. The number of nitrogens with two attached hydrogens (primary N) is 2. The third-order valence-corrected chi connectivity index (χ3v) is 5.98. The van der Waals surface area contributed by atoms with Crippen molar-refractivity contribution in [3.63, 3.8) is 0 Å². The first-order valence-corrected chi connectivity index (χ1v) is 11.0. The Balaban J connectivity index is 2.07. The Morgan fingerprint density at radius 2 is 1.71 bits per heavy atom. The number of aliphatic carboxylic acids is 1. The average molecular weight is 442 g/mol. The molecule has 0 radical (unpaired) electrons. The van der Waals surface area contributed by atoms with Crippen molar-refractivity contribution >= 4 is 23.7 Å². The maximum atomic E-state index is 13.1. The van der Waals surface area contributed by atoms with Gasteiger partial charge in [-0.3, -0.25) is 19.2 Å². The van der Waals surface area contributed by atoms with E-state index in [1.54, 1.807) is 4.90 Å². The standard InChI is InChI=1S/C20H35N5O6/c21-8-2-1-6-15(20(31)24-9-3-5-13(24)12-26)23-18(29)16-7-4-10-25(16)19(30)14(22)11-17(27)28/h13-16,26H,1-12,21-22H2,(H,23,29)(H,27,28)/t13-,14-,15-,16-/m0/s1. The van der Waals surface area contributed by atoms with Gasteiger partial charge >= 0.3 is 5.97 Å². The lowest BCUT2D eigenvalue weighted by Crippen LogP contribution is -2.56. The summed E-state index contributed by atoms with van der Waals surface area (Å²) in [6, 6.07) is -3.02. The number of hydrogen-bond acceptors (Lipinski definition) is 7. The number of carbonyl (C=O) groups excluding carboxylic acids is 3. The number of rotatable bonds is 11. The van der Waals surface area contributed by atoms with Gasteiger partial charge in [0.25, 0.3) is 0 Å². The fourth-order valence-corrected chi connectivity index (χ4v) is 4.33. The zero-order valence-electron chi connectivity index (χ0n) is 17.9. The minimum absolute atomic E-state index is 0.123. The molecule has 31 heavy (non-hydrogen) atoms. The molecule has 11 nitrogen and oxygen atoms in total. The first-order chi connectivity index (χ1) is 14.8. The molecular formula is C20H35N5O6. The van der Waals surface area contributed by atoms with Gasteiger partial charge in [0.15, 0.2) is 0 Å². The second-order valence-corrected chi connectivity index (χ2v) is 8.25. The summed E-state index contributed by atoms with van der Waals surface area (Å²) in [5.74, 6) is -2.44. The van der Waals surface area contributed by atoms with Crippen molar-refractivity contribution in [3.05, 3.63) is 0 Å². The van der Waals surface area contributed by atoms with Crippen LogP contribution in [0.3, 0.4) is 0 Å². The Morgan fingerprint density at radius 3 is 2.35 bits per heavy atom. The number of aliphatic hydroxyl groups is 1. The maximum absolute atomic E-state index is 13.1. The van der Waals surface area contributed by atoms with Crippen molar-refractivity contribution in [1.82, 2.24) is 15.1 Å². The molecule has 0 aromatic carbocycles. The lowest BCUT2D eigenvalue weighted by atomic mass is 10.1. The highest BCUT2D eigenvalue weighted by molar-refractivity contribution is 5.94. The van der Waals surface area contributed by atoms with Crippen LogP contribution in [0.4, 0.5) is 0 Å². The Labute approximate surface area is 182 Å². The Bertz CT molecular complexity index is 660. The molecule has 11 heteroatoms. The molecule has 3 amide bonds. The Morgan fingerprint density at radius 1 is 1.03 bits per heavy atom. The van der Waals surface area contributed by atoms with Crippen LogP contribution >= 0.6 is 0 Å². The van der Waals surface area contributed by atoms with Crippen molar-refractivity contribution in [2.45, 2.75) is 75.5 Å². The van der Waals surface area contributed by atoms with Crippen molar-refractivity contribution < 1.29 is 29.4 Å². The second kappa shape index (κ2) is 12.0. The van der Waals surface area contributed by atoms with E-state index >= 15 is 0 Å². The monoisotopic (exact) mass is 441 g/mol. The van der Waals surface area contributed by atoms with E-state index in [0.717, 1.165) is 12.8 Å². The molecule has 0 unspecified atom stereocenters. The lowest BCUT2D eigenvalue weighted by molar-refractivity contribution is -0.145. The summed E-state index contributed by atoms with van der Waals surface area (Å²) in [5.41, 5.74) is 11.3. The van der Waals surface area contributed by atoms with Crippen LogP contribution in [0, 0.1) is 0 Å². The molecule has 2 aliphatic heterocycles. The van der Waals surface area contributed by atoms with Gasteiger partial charge < -0.3 is 36.8 Å². The number of hydrogen-bond donors (Lipinski definition) is 5. The van der Waals surface area contributed by atoms with Crippen LogP contribution in [-0.4, -0.2) is 94.1 Å². The summed E-state index contributed by atoms with van der Waals surface area (Å²) in [5, 5.41) is 21.2.